The van der Waals surface area contributed by atoms with Gasteiger partial charge in [0, 0.05) is 19.8 Å². The number of anilines is 1. The van der Waals surface area contributed by atoms with Crippen LogP contribution < -0.4 is 10.5 Å². The maximum Gasteiger partial charge on any atom is 0.252 e. The highest BCUT2D eigenvalue weighted by molar-refractivity contribution is 7.91. The molecule has 0 atom stereocenters. The van der Waals surface area contributed by atoms with Gasteiger partial charge >= 0.3 is 0 Å². The summed E-state index contributed by atoms with van der Waals surface area (Å²) in [7, 11) is -3.48. The topological polar surface area (TPSA) is 94.3 Å². The minimum Gasteiger partial charge on any atom is -0.381 e. The van der Waals surface area contributed by atoms with Crippen LogP contribution in [-0.4, -0.2) is 33.2 Å². The Morgan fingerprint density at radius 1 is 1.50 bits per heavy atom. The summed E-state index contributed by atoms with van der Waals surface area (Å²) in [5.41, 5.74) is 5.97. The largest absolute Gasteiger partial charge is 0.381 e. The fourth-order valence-corrected chi connectivity index (χ4v) is 4.35. The minimum absolute atomic E-state index is 0.215. The maximum absolute atomic E-state index is 12.1. The molecule has 1 aliphatic heterocycles. The first-order chi connectivity index (χ1) is 8.49. The molecule has 6 nitrogen and oxygen atoms in total. The van der Waals surface area contributed by atoms with Gasteiger partial charge in [0.15, 0.2) is 9.34 Å². The van der Waals surface area contributed by atoms with Crippen molar-refractivity contribution in [2.45, 2.75) is 24.0 Å². The Kier molecular flexibility index (Phi) is 4.21. The molecule has 18 heavy (non-hydrogen) atoms. The zero-order valence-electron chi connectivity index (χ0n) is 10.2. The molecule has 102 valence electrons. The predicted molar refractivity (Wildman–Crippen MR) is 70.0 cm³/mol. The van der Waals surface area contributed by atoms with Gasteiger partial charge in [-0.25, -0.2) is 18.1 Å². The highest BCUT2D eigenvalue weighted by Crippen LogP contribution is 2.25. The van der Waals surface area contributed by atoms with Gasteiger partial charge < -0.3 is 10.5 Å². The van der Waals surface area contributed by atoms with Crippen LogP contribution in [0.4, 0.5) is 5.13 Å². The van der Waals surface area contributed by atoms with Crippen LogP contribution >= 0.6 is 11.3 Å². The van der Waals surface area contributed by atoms with Crippen molar-refractivity contribution in [3.8, 4) is 0 Å². The maximum atomic E-state index is 12.1. The van der Waals surface area contributed by atoms with E-state index in [2.05, 4.69) is 9.71 Å². The number of sulfonamides is 1. The molecule has 0 aromatic carbocycles. The van der Waals surface area contributed by atoms with Gasteiger partial charge in [0.25, 0.3) is 10.0 Å². The van der Waals surface area contributed by atoms with Crippen molar-refractivity contribution >= 4 is 26.5 Å². The second kappa shape index (κ2) is 5.52. The normalized spacial score (nSPS) is 18.1. The van der Waals surface area contributed by atoms with Crippen LogP contribution in [0.5, 0.6) is 0 Å². The number of nitrogen functional groups attached to an aromatic ring is 1. The van der Waals surface area contributed by atoms with Crippen molar-refractivity contribution in [3.05, 3.63) is 5.69 Å². The third-order valence-electron chi connectivity index (χ3n) is 2.92. The summed E-state index contributed by atoms with van der Waals surface area (Å²) in [6, 6.07) is 0. The zero-order valence-corrected chi connectivity index (χ0v) is 11.8. The molecular formula is C10H17N3O3S2. The molecule has 2 heterocycles. The lowest BCUT2D eigenvalue weighted by Crippen LogP contribution is -2.32. The molecule has 1 aromatic heterocycles. The molecule has 1 saturated heterocycles. The molecule has 1 aliphatic rings. The van der Waals surface area contributed by atoms with Crippen LogP contribution in [0.1, 0.15) is 18.5 Å². The summed E-state index contributed by atoms with van der Waals surface area (Å²) in [5, 5.41) is 0.277. The van der Waals surface area contributed by atoms with Crippen LogP contribution in [0.15, 0.2) is 4.21 Å². The van der Waals surface area contributed by atoms with E-state index < -0.39 is 10.0 Å². The lowest BCUT2D eigenvalue weighted by Gasteiger charge is -2.21. The van der Waals surface area contributed by atoms with Crippen LogP contribution in [-0.2, 0) is 14.8 Å². The number of aromatic nitrogens is 1. The molecule has 8 heteroatoms. The molecule has 3 N–H and O–H groups in total. The minimum atomic E-state index is -3.48. The summed E-state index contributed by atoms with van der Waals surface area (Å²) in [6.07, 6.45) is 1.79. The van der Waals surface area contributed by atoms with E-state index in [1.165, 1.54) is 0 Å². The van der Waals surface area contributed by atoms with E-state index in [-0.39, 0.29) is 9.34 Å². The number of thiazole rings is 1. The lowest BCUT2D eigenvalue weighted by atomic mass is 10.0. The van der Waals surface area contributed by atoms with Gasteiger partial charge in [0.2, 0.25) is 0 Å². The number of aryl methyl sites for hydroxylation is 1. The van der Waals surface area contributed by atoms with Gasteiger partial charge in [0.05, 0.1) is 5.69 Å². The van der Waals surface area contributed by atoms with Gasteiger partial charge in [-0.05, 0) is 25.7 Å². The number of hydrogen-bond donors (Lipinski definition) is 2. The third-order valence-corrected chi connectivity index (χ3v) is 5.94. The van der Waals surface area contributed by atoms with Crippen LogP contribution in [0.3, 0.4) is 0 Å². The molecule has 1 aromatic rings. The molecule has 0 aliphatic carbocycles. The molecule has 0 bridgehead atoms. The molecule has 0 spiro atoms. The van der Waals surface area contributed by atoms with E-state index in [0.29, 0.717) is 31.4 Å². The number of nitrogens with two attached hydrogens (primary N) is 1. The smallest absolute Gasteiger partial charge is 0.252 e. The Morgan fingerprint density at radius 3 is 2.72 bits per heavy atom. The van der Waals surface area contributed by atoms with Crippen molar-refractivity contribution in [2.75, 3.05) is 25.5 Å². The summed E-state index contributed by atoms with van der Waals surface area (Å²) in [5.74, 6) is 0.346. The Balaban J connectivity index is 2.01. The van der Waals surface area contributed by atoms with Crippen molar-refractivity contribution in [3.63, 3.8) is 0 Å². The molecule has 0 radical (unpaired) electrons. The average Bonchev–Trinajstić information content (AvgIpc) is 2.68. The van der Waals surface area contributed by atoms with Crippen molar-refractivity contribution in [1.29, 1.82) is 0 Å². The monoisotopic (exact) mass is 291 g/mol. The van der Waals surface area contributed by atoms with Crippen molar-refractivity contribution in [1.82, 2.24) is 9.71 Å². The standard InChI is InChI=1S/C10H17N3O3S2/c1-7-9(17-10(11)13-7)18(14,15)12-6-8-2-4-16-5-3-8/h8,12H,2-6H2,1H3,(H2,11,13). The summed E-state index contributed by atoms with van der Waals surface area (Å²) in [4.78, 5) is 3.93. The van der Waals surface area contributed by atoms with Crippen LogP contribution in [0.25, 0.3) is 0 Å². The Bertz CT molecular complexity index is 506. The van der Waals surface area contributed by atoms with E-state index in [9.17, 15) is 8.42 Å². The first-order valence-electron chi connectivity index (χ1n) is 5.79. The van der Waals surface area contributed by atoms with E-state index >= 15 is 0 Å². The summed E-state index contributed by atoms with van der Waals surface area (Å²) >= 11 is 0.999. The molecule has 2 rings (SSSR count). The number of rotatable bonds is 4. The highest BCUT2D eigenvalue weighted by Gasteiger charge is 2.23. The van der Waals surface area contributed by atoms with Gasteiger partial charge in [-0.2, -0.15) is 0 Å². The van der Waals surface area contributed by atoms with Crippen molar-refractivity contribution < 1.29 is 13.2 Å². The zero-order chi connectivity index (χ0) is 13.2. The first kappa shape index (κ1) is 13.7. The fourth-order valence-electron chi connectivity index (χ4n) is 1.90. The molecular weight excluding hydrogens is 274 g/mol. The van der Waals surface area contributed by atoms with Gasteiger partial charge in [-0.3, -0.25) is 0 Å². The number of hydrogen-bond acceptors (Lipinski definition) is 6. The second-order valence-corrected chi connectivity index (χ2v) is 7.33. The molecule has 0 amide bonds. The average molecular weight is 291 g/mol. The summed E-state index contributed by atoms with van der Waals surface area (Å²) < 4.78 is 32.2. The third kappa shape index (κ3) is 3.19. The summed E-state index contributed by atoms with van der Waals surface area (Å²) in [6.45, 7) is 3.51. The highest BCUT2D eigenvalue weighted by atomic mass is 32.2. The van der Waals surface area contributed by atoms with Gasteiger partial charge in [-0.15, -0.1) is 0 Å². The number of nitrogens with one attached hydrogen (secondary N) is 1. The van der Waals surface area contributed by atoms with Crippen molar-refractivity contribution in [2.24, 2.45) is 5.92 Å². The van der Waals surface area contributed by atoms with Gasteiger partial charge in [-0.1, -0.05) is 11.3 Å². The SMILES string of the molecule is Cc1nc(N)sc1S(=O)(=O)NCC1CCOCC1. The Hall–Kier alpha value is -0.700. The van der Waals surface area contributed by atoms with E-state index in [1.807, 2.05) is 0 Å². The second-order valence-electron chi connectivity index (χ2n) is 4.33. The molecule has 0 saturated carbocycles. The van der Waals surface area contributed by atoms with Crippen LogP contribution in [0, 0.1) is 12.8 Å². The number of ether oxygens (including phenoxy) is 1. The van der Waals surface area contributed by atoms with E-state index in [4.69, 9.17) is 10.5 Å². The predicted octanol–water partition coefficient (Wildman–Crippen LogP) is 0.739. The van der Waals surface area contributed by atoms with E-state index in [0.717, 1.165) is 24.2 Å². The van der Waals surface area contributed by atoms with Crippen LogP contribution in [0.2, 0.25) is 0 Å². The fraction of sp³-hybridized carbons (Fsp3) is 0.700. The Labute approximate surface area is 111 Å². The van der Waals surface area contributed by atoms with Gasteiger partial charge in [0.1, 0.15) is 0 Å². The van der Waals surface area contributed by atoms with E-state index in [1.54, 1.807) is 6.92 Å². The molecule has 0 unspecified atom stereocenters. The first-order valence-corrected chi connectivity index (χ1v) is 8.09. The quantitative estimate of drug-likeness (QED) is 0.853. The molecule has 1 fully saturated rings. The number of nitrogens with zero attached hydrogens (tertiary/aromatic N) is 1. The Morgan fingerprint density at radius 2 is 2.17 bits per heavy atom. The lowest BCUT2D eigenvalue weighted by molar-refractivity contribution is 0.0678.